The van der Waals surface area contributed by atoms with Gasteiger partial charge in [-0.25, -0.2) is 13.4 Å². The molecule has 6 heteroatoms. The standard InChI is InChI=1S/C14H19ClN2O2S/c1-3-20(18,19)9-8-17-13-10-11(2)4-5-12(13)16-14(17)6-7-15/h4-5,10H,3,6-9H2,1-2H3. The Hall–Kier alpha value is -1.07. The number of aryl methyl sites for hydroxylation is 3. The highest BCUT2D eigenvalue weighted by molar-refractivity contribution is 7.91. The van der Waals surface area contributed by atoms with Crippen LogP contribution in [0, 0.1) is 6.92 Å². The van der Waals surface area contributed by atoms with Gasteiger partial charge in [0.1, 0.15) is 5.82 Å². The Morgan fingerprint density at radius 1 is 1.35 bits per heavy atom. The summed E-state index contributed by atoms with van der Waals surface area (Å²) in [6, 6.07) is 6.01. The molecule has 0 saturated heterocycles. The van der Waals surface area contributed by atoms with Gasteiger partial charge in [0, 0.05) is 24.6 Å². The van der Waals surface area contributed by atoms with Crippen LogP contribution in [0.3, 0.4) is 0 Å². The molecule has 1 aromatic heterocycles. The van der Waals surface area contributed by atoms with Crippen LogP contribution in [0.5, 0.6) is 0 Å². The van der Waals surface area contributed by atoms with E-state index in [0.717, 1.165) is 22.4 Å². The zero-order valence-corrected chi connectivity index (χ0v) is 13.3. The van der Waals surface area contributed by atoms with Gasteiger partial charge in [0.25, 0.3) is 0 Å². The number of hydrogen-bond acceptors (Lipinski definition) is 3. The molecule has 4 nitrogen and oxygen atoms in total. The number of fused-ring (bicyclic) bond motifs is 1. The van der Waals surface area contributed by atoms with Crippen molar-refractivity contribution < 1.29 is 8.42 Å². The molecule has 0 bridgehead atoms. The van der Waals surface area contributed by atoms with Crippen LogP contribution in [0.15, 0.2) is 18.2 Å². The van der Waals surface area contributed by atoms with Gasteiger partial charge < -0.3 is 4.57 Å². The highest BCUT2D eigenvalue weighted by Crippen LogP contribution is 2.19. The molecule has 1 heterocycles. The lowest BCUT2D eigenvalue weighted by Gasteiger charge is -2.08. The zero-order chi connectivity index (χ0) is 14.8. The minimum Gasteiger partial charge on any atom is -0.327 e. The second kappa shape index (κ2) is 6.14. The summed E-state index contributed by atoms with van der Waals surface area (Å²) in [6.45, 7) is 4.12. The van der Waals surface area contributed by atoms with E-state index in [2.05, 4.69) is 4.98 Å². The summed E-state index contributed by atoms with van der Waals surface area (Å²) in [4.78, 5) is 4.55. The van der Waals surface area contributed by atoms with Crippen molar-refractivity contribution in [3.63, 3.8) is 0 Å². The Labute approximate surface area is 124 Å². The smallest absolute Gasteiger partial charge is 0.151 e. The van der Waals surface area contributed by atoms with Crippen LogP contribution in [0.1, 0.15) is 18.3 Å². The van der Waals surface area contributed by atoms with E-state index < -0.39 is 9.84 Å². The normalized spacial score (nSPS) is 12.2. The third-order valence-electron chi connectivity index (χ3n) is 3.37. The highest BCUT2D eigenvalue weighted by Gasteiger charge is 2.14. The maximum Gasteiger partial charge on any atom is 0.151 e. The Balaban J connectivity index is 2.42. The fourth-order valence-electron chi connectivity index (χ4n) is 2.18. The predicted octanol–water partition coefficient (Wildman–Crippen LogP) is 2.56. The maximum atomic E-state index is 11.7. The van der Waals surface area contributed by atoms with E-state index in [4.69, 9.17) is 11.6 Å². The number of sulfone groups is 1. The van der Waals surface area contributed by atoms with E-state index >= 15 is 0 Å². The van der Waals surface area contributed by atoms with Crippen molar-refractivity contribution in [2.45, 2.75) is 26.8 Å². The molecule has 110 valence electrons. The lowest BCUT2D eigenvalue weighted by Crippen LogP contribution is -2.16. The van der Waals surface area contributed by atoms with Gasteiger partial charge in [-0.05, 0) is 24.6 Å². The van der Waals surface area contributed by atoms with Crippen LogP contribution >= 0.6 is 11.6 Å². The van der Waals surface area contributed by atoms with Gasteiger partial charge in [-0.1, -0.05) is 13.0 Å². The first-order valence-corrected chi connectivity index (χ1v) is 9.04. The van der Waals surface area contributed by atoms with Crippen LogP contribution in [-0.4, -0.2) is 35.4 Å². The zero-order valence-electron chi connectivity index (χ0n) is 11.8. The summed E-state index contributed by atoms with van der Waals surface area (Å²) in [5, 5.41) is 0. The van der Waals surface area contributed by atoms with Crippen molar-refractivity contribution in [3.8, 4) is 0 Å². The summed E-state index contributed by atoms with van der Waals surface area (Å²) in [5.74, 6) is 1.64. The molecule has 2 aromatic rings. The van der Waals surface area contributed by atoms with Crippen molar-refractivity contribution in [2.24, 2.45) is 0 Å². The number of imidazole rings is 1. The number of halogens is 1. The fraction of sp³-hybridized carbons (Fsp3) is 0.500. The summed E-state index contributed by atoms with van der Waals surface area (Å²) in [6.07, 6.45) is 0.640. The number of benzene rings is 1. The third kappa shape index (κ3) is 3.33. The molecule has 2 rings (SSSR count). The highest BCUT2D eigenvalue weighted by atomic mass is 35.5. The molecule has 1 aromatic carbocycles. The number of aromatic nitrogens is 2. The molecule has 0 unspecified atom stereocenters. The van der Waals surface area contributed by atoms with Crippen molar-refractivity contribution in [2.75, 3.05) is 17.4 Å². The fourth-order valence-corrected chi connectivity index (χ4v) is 3.10. The first-order valence-electron chi connectivity index (χ1n) is 6.69. The van der Waals surface area contributed by atoms with Gasteiger partial charge >= 0.3 is 0 Å². The monoisotopic (exact) mass is 314 g/mol. The number of rotatable bonds is 6. The van der Waals surface area contributed by atoms with E-state index in [1.165, 1.54) is 0 Å². The topological polar surface area (TPSA) is 52.0 Å². The molecular formula is C14H19ClN2O2S. The molecule has 0 radical (unpaired) electrons. The van der Waals surface area contributed by atoms with Gasteiger partial charge in [-0.3, -0.25) is 0 Å². The van der Waals surface area contributed by atoms with Crippen molar-refractivity contribution in [3.05, 3.63) is 29.6 Å². The Morgan fingerprint density at radius 2 is 2.10 bits per heavy atom. The predicted molar refractivity (Wildman–Crippen MR) is 83.2 cm³/mol. The van der Waals surface area contributed by atoms with Gasteiger partial charge in [-0.15, -0.1) is 11.6 Å². The number of hydrogen-bond donors (Lipinski definition) is 0. The summed E-state index contributed by atoms with van der Waals surface area (Å²) >= 11 is 5.81. The van der Waals surface area contributed by atoms with E-state index in [1.807, 2.05) is 29.7 Å². The largest absolute Gasteiger partial charge is 0.327 e. The number of nitrogens with zero attached hydrogens (tertiary/aromatic N) is 2. The average molecular weight is 315 g/mol. The van der Waals surface area contributed by atoms with Gasteiger partial charge in [0.05, 0.1) is 16.8 Å². The van der Waals surface area contributed by atoms with Crippen LogP contribution in [0.2, 0.25) is 0 Å². The van der Waals surface area contributed by atoms with Gasteiger partial charge in [-0.2, -0.15) is 0 Å². The van der Waals surface area contributed by atoms with E-state index in [0.29, 0.717) is 18.8 Å². The molecule has 0 aliphatic heterocycles. The molecule has 0 amide bonds. The molecular weight excluding hydrogens is 296 g/mol. The molecule has 0 atom stereocenters. The summed E-state index contributed by atoms with van der Waals surface area (Å²) in [5.41, 5.74) is 3.01. The second-order valence-corrected chi connectivity index (χ2v) is 7.70. The van der Waals surface area contributed by atoms with Crippen molar-refractivity contribution >= 4 is 32.5 Å². The van der Waals surface area contributed by atoms with Crippen molar-refractivity contribution in [1.29, 1.82) is 0 Å². The Morgan fingerprint density at radius 3 is 2.75 bits per heavy atom. The first kappa shape index (κ1) is 15.3. The molecule has 0 saturated carbocycles. The minimum atomic E-state index is -2.99. The lowest BCUT2D eigenvalue weighted by atomic mass is 10.2. The minimum absolute atomic E-state index is 0.137. The van der Waals surface area contributed by atoms with Crippen molar-refractivity contribution in [1.82, 2.24) is 9.55 Å². The maximum absolute atomic E-state index is 11.7. The SMILES string of the molecule is CCS(=O)(=O)CCn1c(CCCl)nc2ccc(C)cc21. The van der Waals surface area contributed by atoms with Gasteiger partial charge in [0.15, 0.2) is 9.84 Å². The van der Waals surface area contributed by atoms with Crippen LogP contribution in [0.25, 0.3) is 11.0 Å². The van der Waals surface area contributed by atoms with Gasteiger partial charge in [0.2, 0.25) is 0 Å². The quantitative estimate of drug-likeness (QED) is 0.770. The van der Waals surface area contributed by atoms with Crippen LogP contribution < -0.4 is 0 Å². The first-order chi connectivity index (χ1) is 9.46. The Kier molecular flexibility index (Phi) is 4.70. The summed E-state index contributed by atoms with van der Waals surface area (Å²) < 4.78 is 25.4. The van der Waals surface area contributed by atoms with E-state index in [-0.39, 0.29) is 11.5 Å². The molecule has 0 aliphatic rings. The second-order valence-electron chi connectivity index (χ2n) is 4.85. The number of alkyl halides is 1. The molecule has 0 fully saturated rings. The lowest BCUT2D eigenvalue weighted by molar-refractivity contribution is 0.589. The molecule has 0 N–H and O–H groups in total. The summed E-state index contributed by atoms with van der Waals surface area (Å²) in [7, 11) is -2.99. The third-order valence-corrected chi connectivity index (χ3v) is 5.24. The van der Waals surface area contributed by atoms with Crippen LogP contribution in [-0.2, 0) is 22.8 Å². The molecule has 0 aliphatic carbocycles. The van der Waals surface area contributed by atoms with E-state index in [9.17, 15) is 8.42 Å². The van der Waals surface area contributed by atoms with Crippen LogP contribution in [0.4, 0.5) is 0 Å². The Bertz CT molecular complexity index is 707. The molecule has 20 heavy (non-hydrogen) atoms. The molecule has 0 spiro atoms. The average Bonchev–Trinajstić information content (AvgIpc) is 2.74. The van der Waals surface area contributed by atoms with E-state index in [1.54, 1.807) is 6.92 Å².